The molecule has 0 heterocycles. The Morgan fingerprint density at radius 2 is 2.36 bits per heavy atom. The van der Waals surface area contributed by atoms with E-state index in [2.05, 4.69) is 17.9 Å². The Bertz CT molecular complexity index is 344. The quantitative estimate of drug-likeness (QED) is 0.756. The lowest BCUT2D eigenvalue weighted by atomic mass is 10.2. The van der Waals surface area contributed by atoms with Crippen LogP contribution in [0.15, 0.2) is 18.2 Å². The zero-order valence-corrected chi connectivity index (χ0v) is 8.48. The number of carbonyl (C=O) groups excluding carboxylic acids is 1. The van der Waals surface area contributed by atoms with Crippen molar-refractivity contribution in [2.45, 2.75) is 6.54 Å². The largest absolute Gasteiger partial charge is 0.496 e. The summed E-state index contributed by atoms with van der Waals surface area (Å²) in [6.07, 6.45) is 0. The standard InChI is InChI=1S/C9H10FNO2S/c1-13-8-3-2-7(10)4-6(8)5-11-9(12)14/h2-4H,5H2,1H3,(H2,11,12,14). The van der Waals surface area contributed by atoms with Gasteiger partial charge in [0, 0.05) is 12.1 Å². The minimum Gasteiger partial charge on any atom is -0.496 e. The molecule has 0 saturated heterocycles. The van der Waals surface area contributed by atoms with E-state index in [0.29, 0.717) is 11.3 Å². The summed E-state index contributed by atoms with van der Waals surface area (Å²) < 4.78 is 17.8. The summed E-state index contributed by atoms with van der Waals surface area (Å²) in [5.74, 6) is 0.169. The van der Waals surface area contributed by atoms with Gasteiger partial charge in [-0.2, -0.15) is 0 Å². The number of rotatable bonds is 3. The number of carbonyl (C=O) groups is 1. The second kappa shape index (κ2) is 4.85. The molecule has 0 atom stereocenters. The van der Waals surface area contributed by atoms with E-state index in [0.717, 1.165) is 0 Å². The Balaban J connectivity index is 2.82. The normalized spacial score (nSPS) is 9.64. The lowest BCUT2D eigenvalue weighted by Gasteiger charge is -2.08. The number of ether oxygens (including phenoxy) is 1. The highest BCUT2D eigenvalue weighted by Crippen LogP contribution is 2.18. The Kier molecular flexibility index (Phi) is 3.76. The van der Waals surface area contributed by atoms with Gasteiger partial charge in [0.05, 0.1) is 7.11 Å². The van der Waals surface area contributed by atoms with Gasteiger partial charge in [0.1, 0.15) is 11.6 Å². The first kappa shape index (κ1) is 10.8. The predicted molar refractivity (Wildman–Crippen MR) is 54.2 cm³/mol. The van der Waals surface area contributed by atoms with Crippen LogP contribution in [0.5, 0.6) is 5.75 Å². The second-order valence-electron chi connectivity index (χ2n) is 2.61. The number of nitrogens with one attached hydrogen (secondary N) is 1. The van der Waals surface area contributed by atoms with Crippen molar-refractivity contribution in [3.05, 3.63) is 29.6 Å². The van der Waals surface area contributed by atoms with Crippen molar-refractivity contribution < 1.29 is 13.9 Å². The lowest BCUT2D eigenvalue weighted by molar-refractivity contribution is 0.260. The molecule has 14 heavy (non-hydrogen) atoms. The van der Waals surface area contributed by atoms with Crippen molar-refractivity contribution in [2.24, 2.45) is 0 Å². The van der Waals surface area contributed by atoms with Gasteiger partial charge >= 0.3 is 0 Å². The molecule has 1 aromatic rings. The topological polar surface area (TPSA) is 38.3 Å². The van der Waals surface area contributed by atoms with Gasteiger partial charge in [0.15, 0.2) is 0 Å². The third-order valence-electron chi connectivity index (χ3n) is 1.67. The van der Waals surface area contributed by atoms with E-state index in [4.69, 9.17) is 4.74 Å². The number of amides is 1. The van der Waals surface area contributed by atoms with Gasteiger partial charge in [0.2, 0.25) is 0 Å². The van der Waals surface area contributed by atoms with Gasteiger partial charge in [-0.25, -0.2) is 4.39 Å². The molecule has 0 fully saturated rings. The highest BCUT2D eigenvalue weighted by Gasteiger charge is 2.04. The smallest absolute Gasteiger partial charge is 0.276 e. The van der Waals surface area contributed by atoms with Crippen LogP contribution in [0.2, 0.25) is 0 Å². The molecule has 5 heteroatoms. The van der Waals surface area contributed by atoms with Crippen molar-refractivity contribution in [3.63, 3.8) is 0 Å². The lowest BCUT2D eigenvalue weighted by Crippen LogP contribution is -2.16. The number of hydrogen-bond acceptors (Lipinski definition) is 2. The third kappa shape index (κ3) is 2.92. The van der Waals surface area contributed by atoms with E-state index in [-0.39, 0.29) is 12.4 Å². The fraction of sp³-hybridized carbons (Fsp3) is 0.222. The predicted octanol–water partition coefficient (Wildman–Crippen LogP) is 1.97. The number of benzene rings is 1. The molecule has 0 saturated carbocycles. The van der Waals surface area contributed by atoms with Crippen LogP contribution in [0.1, 0.15) is 5.56 Å². The molecule has 1 rings (SSSR count). The zero-order chi connectivity index (χ0) is 10.6. The van der Waals surface area contributed by atoms with Gasteiger partial charge < -0.3 is 10.1 Å². The summed E-state index contributed by atoms with van der Waals surface area (Å²) in [7, 11) is 1.49. The van der Waals surface area contributed by atoms with Crippen LogP contribution < -0.4 is 10.1 Å². The van der Waals surface area contributed by atoms with Crippen LogP contribution in [0.25, 0.3) is 0 Å². The monoisotopic (exact) mass is 215 g/mol. The van der Waals surface area contributed by atoms with Gasteiger partial charge in [-0.15, -0.1) is 0 Å². The van der Waals surface area contributed by atoms with Crippen molar-refractivity contribution >= 4 is 17.9 Å². The highest BCUT2D eigenvalue weighted by atomic mass is 32.1. The zero-order valence-electron chi connectivity index (χ0n) is 7.58. The number of halogens is 1. The number of methoxy groups -OCH3 is 1. The van der Waals surface area contributed by atoms with Gasteiger partial charge in [-0.3, -0.25) is 4.79 Å². The maximum Gasteiger partial charge on any atom is 0.276 e. The summed E-state index contributed by atoms with van der Waals surface area (Å²) in [5.41, 5.74) is 0.579. The van der Waals surface area contributed by atoms with Crippen LogP contribution >= 0.6 is 12.6 Å². The van der Waals surface area contributed by atoms with E-state index in [9.17, 15) is 9.18 Å². The summed E-state index contributed by atoms with van der Waals surface area (Å²) in [6.45, 7) is 0.198. The Labute approximate surface area is 86.7 Å². The summed E-state index contributed by atoms with van der Waals surface area (Å²) in [5, 5.41) is 1.98. The van der Waals surface area contributed by atoms with E-state index >= 15 is 0 Å². The first-order valence-electron chi connectivity index (χ1n) is 3.92. The molecule has 0 aliphatic heterocycles. The average Bonchev–Trinajstić information content (AvgIpc) is 2.15. The van der Waals surface area contributed by atoms with Crippen molar-refractivity contribution in [3.8, 4) is 5.75 Å². The Hall–Kier alpha value is -1.23. The van der Waals surface area contributed by atoms with Crippen LogP contribution in [-0.4, -0.2) is 12.3 Å². The van der Waals surface area contributed by atoms with Gasteiger partial charge in [0.25, 0.3) is 5.24 Å². The first-order chi connectivity index (χ1) is 6.63. The fourth-order valence-corrected chi connectivity index (χ4v) is 1.14. The Morgan fingerprint density at radius 1 is 1.64 bits per heavy atom. The fourth-order valence-electron chi connectivity index (χ4n) is 1.06. The molecule has 3 nitrogen and oxygen atoms in total. The van der Waals surface area contributed by atoms with Crippen LogP contribution in [0.3, 0.4) is 0 Å². The van der Waals surface area contributed by atoms with E-state index in [1.165, 1.54) is 25.3 Å². The Morgan fingerprint density at radius 3 is 2.93 bits per heavy atom. The molecular weight excluding hydrogens is 205 g/mol. The minimum absolute atomic E-state index is 0.198. The molecule has 76 valence electrons. The molecule has 1 aromatic carbocycles. The number of thiol groups is 1. The maximum absolute atomic E-state index is 12.8. The number of hydrogen-bond donors (Lipinski definition) is 2. The molecule has 1 N–H and O–H groups in total. The van der Waals surface area contributed by atoms with Crippen LogP contribution in [-0.2, 0) is 6.54 Å². The molecule has 0 bridgehead atoms. The SMILES string of the molecule is COc1ccc(F)cc1CNC(=O)S. The highest BCUT2D eigenvalue weighted by molar-refractivity contribution is 7.96. The molecule has 1 amide bonds. The second-order valence-corrected chi connectivity index (χ2v) is 3.02. The maximum atomic E-state index is 12.8. The molecule has 0 unspecified atom stereocenters. The van der Waals surface area contributed by atoms with Gasteiger partial charge in [-0.05, 0) is 18.2 Å². The summed E-state index contributed by atoms with van der Waals surface area (Å²) in [4.78, 5) is 10.5. The molecule has 0 aliphatic carbocycles. The molecule has 0 radical (unpaired) electrons. The van der Waals surface area contributed by atoms with Crippen LogP contribution in [0.4, 0.5) is 9.18 Å². The molecule has 0 aromatic heterocycles. The van der Waals surface area contributed by atoms with Crippen LogP contribution in [0, 0.1) is 5.82 Å². The average molecular weight is 215 g/mol. The van der Waals surface area contributed by atoms with E-state index < -0.39 is 5.24 Å². The van der Waals surface area contributed by atoms with Crippen molar-refractivity contribution in [1.82, 2.24) is 5.32 Å². The van der Waals surface area contributed by atoms with Gasteiger partial charge in [-0.1, -0.05) is 12.6 Å². The molecule has 0 spiro atoms. The van der Waals surface area contributed by atoms with Crippen molar-refractivity contribution in [2.75, 3.05) is 7.11 Å². The third-order valence-corrected chi connectivity index (χ3v) is 1.83. The summed E-state index contributed by atoms with van der Waals surface area (Å²) in [6, 6.07) is 4.11. The molecular formula is C9H10FNO2S. The van der Waals surface area contributed by atoms with E-state index in [1.54, 1.807) is 0 Å². The van der Waals surface area contributed by atoms with E-state index in [1.807, 2.05) is 0 Å². The minimum atomic E-state index is -0.462. The first-order valence-corrected chi connectivity index (χ1v) is 4.37. The molecule has 0 aliphatic rings. The van der Waals surface area contributed by atoms with Crippen molar-refractivity contribution in [1.29, 1.82) is 0 Å². The summed E-state index contributed by atoms with van der Waals surface area (Å²) >= 11 is 3.53.